The molecule has 1 unspecified atom stereocenters. The smallest absolute Gasteiger partial charge is 0.309 e. The summed E-state index contributed by atoms with van der Waals surface area (Å²) in [5.41, 5.74) is 5.79. The second kappa shape index (κ2) is 10.8. The van der Waals surface area contributed by atoms with E-state index >= 15 is 0 Å². The largest absolute Gasteiger partial charge is 0.452 e. The summed E-state index contributed by atoms with van der Waals surface area (Å²) < 4.78 is 13.7. The van der Waals surface area contributed by atoms with E-state index < -0.39 is 6.29 Å². The molecule has 180 valence electrons. The average Bonchev–Trinajstić information content (AvgIpc) is 2.95. The van der Waals surface area contributed by atoms with Gasteiger partial charge in [-0.05, 0) is 36.3 Å². The Hall–Kier alpha value is -2.89. The van der Waals surface area contributed by atoms with E-state index in [1.807, 2.05) is 34.7 Å². The molecule has 1 atom stereocenters. The van der Waals surface area contributed by atoms with E-state index in [0.717, 1.165) is 28.1 Å². The number of nitrogens with zero attached hydrogens (tertiary/aromatic N) is 3. The van der Waals surface area contributed by atoms with Crippen LogP contribution in [0.15, 0.2) is 29.3 Å². The maximum atomic E-state index is 12.3. The molecule has 0 saturated heterocycles. The van der Waals surface area contributed by atoms with Crippen molar-refractivity contribution in [3.63, 3.8) is 0 Å². The van der Waals surface area contributed by atoms with Crippen LogP contribution in [0.25, 0.3) is 11.3 Å². The first-order chi connectivity index (χ1) is 15.3. The lowest BCUT2D eigenvalue weighted by atomic mass is 9.86. The molecule has 2 rings (SSSR count). The molecule has 6 nitrogen and oxygen atoms in total. The molecule has 0 amide bonds. The highest BCUT2D eigenvalue weighted by Gasteiger charge is 2.24. The molecular weight excluding hydrogens is 414 g/mol. The van der Waals surface area contributed by atoms with Gasteiger partial charge in [0.15, 0.2) is 5.76 Å². The van der Waals surface area contributed by atoms with Crippen LogP contribution in [0.1, 0.15) is 76.0 Å². The molecule has 0 aliphatic carbocycles. The second-order valence-corrected chi connectivity index (χ2v) is 9.91. The van der Waals surface area contributed by atoms with Crippen molar-refractivity contribution >= 4 is 23.5 Å². The van der Waals surface area contributed by atoms with Crippen LogP contribution < -0.4 is 0 Å². The SMILES string of the molecule is CN=C/C(=C(/OC(C)OC(=O)CC(C)C)c1c(C)c(C)nn1C)c1ccc(C(C)(C)C)cc1. The number of ether oxygens (including phenoxy) is 2. The van der Waals surface area contributed by atoms with E-state index in [1.54, 1.807) is 24.9 Å². The Morgan fingerprint density at radius 3 is 2.18 bits per heavy atom. The second-order valence-electron chi connectivity index (χ2n) is 9.91. The van der Waals surface area contributed by atoms with E-state index in [-0.39, 0.29) is 17.3 Å². The number of benzene rings is 1. The molecule has 33 heavy (non-hydrogen) atoms. The highest BCUT2D eigenvalue weighted by Crippen LogP contribution is 2.32. The highest BCUT2D eigenvalue weighted by molar-refractivity contribution is 6.18. The summed E-state index contributed by atoms with van der Waals surface area (Å²) in [4.78, 5) is 16.6. The van der Waals surface area contributed by atoms with Gasteiger partial charge in [0, 0.05) is 44.8 Å². The van der Waals surface area contributed by atoms with Gasteiger partial charge in [-0.15, -0.1) is 0 Å². The third-order valence-electron chi connectivity index (χ3n) is 5.46. The van der Waals surface area contributed by atoms with Crippen molar-refractivity contribution in [2.75, 3.05) is 7.05 Å². The third kappa shape index (κ3) is 6.80. The topological polar surface area (TPSA) is 65.7 Å². The van der Waals surface area contributed by atoms with Gasteiger partial charge in [0.2, 0.25) is 6.29 Å². The molecule has 0 aliphatic rings. The van der Waals surface area contributed by atoms with E-state index in [9.17, 15) is 4.79 Å². The van der Waals surface area contributed by atoms with Gasteiger partial charge in [-0.1, -0.05) is 58.9 Å². The number of aryl methyl sites for hydroxylation is 2. The average molecular weight is 454 g/mol. The Morgan fingerprint density at radius 1 is 1.12 bits per heavy atom. The molecule has 0 radical (unpaired) electrons. The van der Waals surface area contributed by atoms with E-state index in [1.165, 1.54) is 5.56 Å². The van der Waals surface area contributed by atoms with Crippen LogP contribution in [-0.2, 0) is 26.7 Å². The molecule has 0 aliphatic heterocycles. The minimum atomic E-state index is -0.769. The molecule has 1 aromatic heterocycles. The molecule has 0 fully saturated rings. The van der Waals surface area contributed by atoms with Crippen molar-refractivity contribution in [1.29, 1.82) is 0 Å². The maximum Gasteiger partial charge on any atom is 0.309 e. The number of aliphatic imine (C=N–C) groups is 1. The number of hydrogen-bond acceptors (Lipinski definition) is 5. The van der Waals surface area contributed by atoms with Crippen LogP contribution in [-0.4, -0.2) is 35.3 Å². The lowest BCUT2D eigenvalue weighted by molar-refractivity contribution is -0.165. The van der Waals surface area contributed by atoms with Crippen molar-refractivity contribution in [1.82, 2.24) is 9.78 Å². The van der Waals surface area contributed by atoms with Gasteiger partial charge in [0.1, 0.15) is 5.69 Å². The molecule has 0 spiro atoms. The van der Waals surface area contributed by atoms with Gasteiger partial charge in [0.05, 0.1) is 5.69 Å². The fourth-order valence-corrected chi connectivity index (χ4v) is 3.63. The van der Waals surface area contributed by atoms with Crippen LogP contribution in [0.4, 0.5) is 0 Å². The number of rotatable bonds is 8. The van der Waals surface area contributed by atoms with Crippen LogP contribution >= 0.6 is 0 Å². The van der Waals surface area contributed by atoms with Crippen molar-refractivity contribution in [2.45, 2.75) is 73.5 Å². The van der Waals surface area contributed by atoms with E-state index in [0.29, 0.717) is 12.2 Å². The first-order valence-electron chi connectivity index (χ1n) is 11.5. The van der Waals surface area contributed by atoms with Crippen LogP contribution in [0.5, 0.6) is 0 Å². The Labute approximate surface area is 198 Å². The first-order valence-corrected chi connectivity index (χ1v) is 11.5. The Kier molecular flexibility index (Phi) is 8.64. The van der Waals surface area contributed by atoms with Gasteiger partial charge in [-0.25, -0.2) is 0 Å². The first kappa shape index (κ1) is 26.4. The third-order valence-corrected chi connectivity index (χ3v) is 5.46. The lowest BCUT2D eigenvalue weighted by Crippen LogP contribution is -2.20. The summed E-state index contributed by atoms with van der Waals surface area (Å²) >= 11 is 0. The fraction of sp³-hybridized carbons (Fsp3) is 0.519. The van der Waals surface area contributed by atoms with E-state index in [4.69, 9.17) is 9.47 Å². The minimum absolute atomic E-state index is 0.0510. The number of esters is 1. The number of allylic oxidation sites excluding steroid dienone is 1. The number of hydrogen-bond donors (Lipinski definition) is 0. The van der Waals surface area contributed by atoms with Crippen LogP contribution in [0.3, 0.4) is 0 Å². The van der Waals surface area contributed by atoms with E-state index in [2.05, 4.69) is 55.1 Å². The van der Waals surface area contributed by atoms with Gasteiger partial charge >= 0.3 is 5.97 Å². The van der Waals surface area contributed by atoms with Crippen molar-refractivity contribution in [2.24, 2.45) is 18.0 Å². The standard InChI is InChI=1S/C27H39N3O3/c1-17(2)15-24(31)32-20(5)33-26(25-18(3)19(4)29-30(25)10)23(16-28-9)21-11-13-22(14-12-21)27(6,7)8/h11-14,16-17,20H,15H2,1-10H3/b26-23-,28-16?. The van der Waals surface area contributed by atoms with Crippen molar-refractivity contribution in [3.8, 4) is 0 Å². The zero-order valence-corrected chi connectivity index (χ0v) is 21.8. The van der Waals surface area contributed by atoms with Gasteiger partial charge in [0.25, 0.3) is 0 Å². The number of carbonyl (C=O) groups excluding carboxylic acids is 1. The van der Waals surface area contributed by atoms with Gasteiger partial charge < -0.3 is 9.47 Å². The normalized spacial score (nSPS) is 13.9. The summed E-state index contributed by atoms with van der Waals surface area (Å²) in [6.45, 7) is 16.3. The minimum Gasteiger partial charge on any atom is -0.452 e. The highest BCUT2D eigenvalue weighted by atomic mass is 16.7. The summed E-state index contributed by atoms with van der Waals surface area (Å²) in [6.07, 6.45) is 1.36. The zero-order chi connectivity index (χ0) is 24.9. The van der Waals surface area contributed by atoms with Gasteiger partial charge in [-0.2, -0.15) is 5.10 Å². The molecule has 0 saturated carbocycles. The zero-order valence-electron chi connectivity index (χ0n) is 21.8. The molecule has 1 aromatic carbocycles. The lowest BCUT2D eigenvalue weighted by Gasteiger charge is -2.22. The summed E-state index contributed by atoms with van der Waals surface area (Å²) in [6, 6.07) is 8.41. The Bertz CT molecular complexity index is 1020. The summed E-state index contributed by atoms with van der Waals surface area (Å²) in [5.74, 6) is 0.510. The van der Waals surface area contributed by atoms with Crippen molar-refractivity contribution < 1.29 is 14.3 Å². The molecule has 1 heterocycles. The Balaban J connectivity index is 2.62. The molecule has 2 aromatic rings. The predicted molar refractivity (Wildman–Crippen MR) is 135 cm³/mol. The van der Waals surface area contributed by atoms with Crippen LogP contribution in [0, 0.1) is 19.8 Å². The summed E-state index contributed by atoms with van der Waals surface area (Å²) in [5, 5.41) is 4.57. The van der Waals surface area contributed by atoms with Gasteiger partial charge in [-0.3, -0.25) is 14.5 Å². The Morgan fingerprint density at radius 2 is 1.73 bits per heavy atom. The molecule has 6 heteroatoms. The quantitative estimate of drug-likeness (QED) is 0.217. The predicted octanol–water partition coefficient (Wildman–Crippen LogP) is 5.86. The summed E-state index contributed by atoms with van der Waals surface area (Å²) in [7, 11) is 3.62. The van der Waals surface area contributed by atoms with Crippen molar-refractivity contribution in [3.05, 3.63) is 52.3 Å². The number of aromatic nitrogens is 2. The molecular formula is C27H39N3O3. The monoisotopic (exact) mass is 453 g/mol. The fourth-order valence-electron chi connectivity index (χ4n) is 3.63. The molecule has 0 N–H and O–H groups in total. The number of carbonyl (C=O) groups is 1. The van der Waals surface area contributed by atoms with Crippen LogP contribution in [0.2, 0.25) is 0 Å². The maximum absolute atomic E-state index is 12.3. The molecule has 0 bridgehead atoms.